The second-order valence-corrected chi connectivity index (χ2v) is 4.92. The summed E-state index contributed by atoms with van der Waals surface area (Å²) in [7, 11) is 0. The number of H-pyrrole nitrogens is 1. The van der Waals surface area contributed by atoms with Crippen molar-refractivity contribution >= 4 is 0 Å². The number of aromatic amines is 1. The van der Waals surface area contributed by atoms with Crippen LogP contribution in [0.25, 0.3) is 22.8 Å². The predicted molar refractivity (Wildman–Crippen MR) is 82.0 cm³/mol. The number of aromatic nitrogens is 8. The van der Waals surface area contributed by atoms with E-state index in [1.165, 1.54) is 0 Å². The van der Waals surface area contributed by atoms with Crippen LogP contribution in [0.15, 0.2) is 55.1 Å². The van der Waals surface area contributed by atoms with E-state index in [9.17, 15) is 0 Å². The van der Waals surface area contributed by atoms with Crippen molar-refractivity contribution in [3.8, 4) is 22.8 Å². The van der Waals surface area contributed by atoms with Crippen LogP contribution < -0.4 is 0 Å². The normalized spacial score (nSPS) is 10.8. The largest absolute Gasteiger partial charge is 0.268 e. The van der Waals surface area contributed by atoms with Gasteiger partial charge in [0.05, 0.1) is 12.7 Å². The summed E-state index contributed by atoms with van der Waals surface area (Å²) in [5.74, 6) is 0.584. The third-order valence-electron chi connectivity index (χ3n) is 3.37. The van der Waals surface area contributed by atoms with Gasteiger partial charge in [-0.15, -0.1) is 10.2 Å². The molecule has 4 rings (SSSR count). The van der Waals surface area contributed by atoms with Gasteiger partial charge in [0.15, 0.2) is 0 Å². The van der Waals surface area contributed by atoms with Crippen LogP contribution in [0.4, 0.5) is 0 Å². The third-order valence-corrected chi connectivity index (χ3v) is 3.37. The Bertz CT molecular complexity index is 881. The summed E-state index contributed by atoms with van der Waals surface area (Å²) < 4.78 is 1.87. The summed E-state index contributed by atoms with van der Waals surface area (Å²) in [5.41, 5.74) is 3.62. The highest BCUT2D eigenvalue weighted by molar-refractivity contribution is 5.54. The molecular formula is C15H12N8. The topological polar surface area (TPSA) is 98.1 Å². The molecule has 0 spiro atoms. The smallest absolute Gasteiger partial charge is 0.204 e. The Balaban J connectivity index is 1.51. The molecule has 0 saturated heterocycles. The second-order valence-electron chi connectivity index (χ2n) is 4.92. The van der Waals surface area contributed by atoms with Crippen LogP contribution in [0.3, 0.4) is 0 Å². The maximum absolute atomic E-state index is 4.52. The number of nitrogens with one attached hydrogen (secondary N) is 1. The molecule has 0 unspecified atom stereocenters. The summed E-state index contributed by atoms with van der Waals surface area (Å²) in [6, 6.07) is 9.91. The molecule has 0 atom stereocenters. The van der Waals surface area contributed by atoms with Crippen molar-refractivity contribution in [1.82, 2.24) is 40.4 Å². The molecule has 112 valence electrons. The van der Waals surface area contributed by atoms with Crippen molar-refractivity contribution in [2.24, 2.45) is 0 Å². The van der Waals surface area contributed by atoms with Crippen LogP contribution in [-0.2, 0) is 6.54 Å². The van der Waals surface area contributed by atoms with Crippen LogP contribution >= 0.6 is 0 Å². The lowest BCUT2D eigenvalue weighted by Crippen LogP contribution is -2.00. The molecular weight excluding hydrogens is 292 g/mol. The molecule has 0 bridgehead atoms. The molecule has 8 nitrogen and oxygen atoms in total. The van der Waals surface area contributed by atoms with Crippen molar-refractivity contribution in [1.29, 1.82) is 0 Å². The van der Waals surface area contributed by atoms with E-state index in [2.05, 4.69) is 35.7 Å². The van der Waals surface area contributed by atoms with Gasteiger partial charge in [-0.3, -0.25) is 14.6 Å². The van der Waals surface area contributed by atoms with E-state index in [-0.39, 0.29) is 0 Å². The number of hydrogen-bond donors (Lipinski definition) is 1. The zero-order valence-electron chi connectivity index (χ0n) is 12.0. The molecule has 4 aromatic rings. The van der Waals surface area contributed by atoms with Crippen molar-refractivity contribution in [2.45, 2.75) is 6.54 Å². The number of benzene rings is 1. The highest BCUT2D eigenvalue weighted by Crippen LogP contribution is 2.16. The molecule has 23 heavy (non-hydrogen) atoms. The van der Waals surface area contributed by atoms with E-state index >= 15 is 0 Å². The highest BCUT2D eigenvalue weighted by Gasteiger charge is 2.05. The van der Waals surface area contributed by atoms with Crippen molar-refractivity contribution in [3.05, 3.63) is 60.7 Å². The Morgan fingerprint density at radius 2 is 1.91 bits per heavy atom. The van der Waals surface area contributed by atoms with Gasteiger partial charge in [0.25, 0.3) is 0 Å². The molecule has 3 aromatic heterocycles. The van der Waals surface area contributed by atoms with Gasteiger partial charge < -0.3 is 0 Å². The van der Waals surface area contributed by atoms with Gasteiger partial charge in [-0.2, -0.15) is 10.3 Å². The van der Waals surface area contributed by atoms with Crippen LogP contribution in [-0.4, -0.2) is 40.4 Å². The lowest BCUT2D eigenvalue weighted by Gasteiger charge is -2.03. The maximum Gasteiger partial charge on any atom is 0.204 e. The van der Waals surface area contributed by atoms with Gasteiger partial charge in [-0.25, -0.2) is 0 Å². The van der Waals surface area contributed by atoms with Crippen molar-refractivity contribution < 1.29 is 0 Å². The first-order valence-electron chi connectivity index (χ1n) is 7.01. The van der Waals surface area contributed by atoms with Crippen molar-refractivity contribution in [2.75, 3.05) is 0 Å². The Kier molecular flexibility index (Phi) is 3.32. The van der Waals surface area contributed by atoms with E-state index in [0.29, 0.717) is 12.4 Å². The Morgan fingerprint density at radius 3 is 2.65 bits per heavy atom. The molecule has 1 N–H and O–H groups in total. The Labute approximate surface area is 131 Å². The lowest BCUT2D eigenvalue weighted by molar-refractivity contribution is 0.689. The molecule has 0 aliphatic rings. The summed E-state index contributed by atoms with van der Waals surface area (Å²) >= 11 is 0. The maximum atomic E-state index is 4.52. The fourth-order valence-electron chi connectivity index (χ4n) is 2.25. The van der Waals surface area contributed by atoms with Gasteiger partial charge in [0.1, 0.15) is 11.4 Å². The zero-order chi connectivity index (χ0) is 15.5. The van der Waals surface area contributed by atoms with Gasteiger partial charge in [0, 0.05) is 24.2 Å². The minimum atomic E-state index is 0.584. The summed E-state index contributed by atoms with van der Waals surface area (Å²) in [6.07, 6.45) is 6.93. The van der Waals surface area contributed by atoms with E-state index in [4.69, 9.17) is 0 Å². The van der Waals surface area contributed by atoms with Crippen LogP contribution in [0, 0.1) is 0 Å². The lowest BCUT2D eigenvalue weighted by atomic mass is 10.1. The average molecular weight is 304 g/mol. The number of nitrogens with zero attached hydrogens (tertiary/aromatic N) is 7. The fraction of sp³-hybridized carbons (Fsp3) is 0.0667. The van der Waals surface area contributed by atoms with Gasteiger partial charge in [-0.1, -0.05) is 24.3 Å². The molecule has 3 heterocycles. The Morgan fingerprint density at radius 1 is 1.00 bits per heavy atom. The third kappa shape index (κ3) is 2.82. The Hall–Kier alpha value is -3.42. The summed E-state index contributed by atoms with van der Waals surface area (Å²) in [5, 5.41) is 18.4. The number of rotatable bonds is 4. The SMILES string of the molecule is c1cnc(-c2ccn(Cc3ccc(-c4nn[nH]n4)cc3)n2)cn1. The fourth-order valence-corrected chi connectivity index (χ4v) is 2.25. The molecule has 0 aliphatic heterocycles. The zero-order valence-corrected chi connectivity index (χ0v) is 12.0. The second kappa shape index (κ2) is 5.76. The molecule has 1 aromatic carbocycles. The predicted octanol–water partition coefficient (Wildman–Crippen LogP) is 1.57. The van der Waals surface area contributed by atoms with E-state index in [1.54, 1.807) is 18.6 Å². The highest BCUT2D eigenvalue weighted by atomic mass is 15.5. The van der Waals surface area contributed by atoms with E-state index in [0.717, 1.165) is 22.5 Å². The van der Waals surface area contributed by atoms with Crippen LogP contribution in [0.1, 0.15) is 5.56 Å². The molecule has 0 amide bonds. The molecule has 0 radical (unpaired) electrons. The van der Waals surface area contributed by atoms with Gasteiger partial charge in [0.2, 0.25) is 5.82 Å². The monoisotopic (exact) mass is 304 g/mol. The van der Waals surface area contributed by atoms with Gasteiger partial charge >= 0.3 is 0 Å². The quantitative estimate of drug-likeness (QED) is 0.614. The van der Waals surface area contributed by atoms with E-state index < -0.39 is 0 Å². The number of hydrogen-bond acceptors (Lipinski definition) is 6. The minimum Gasteiger partial charge on any atom is -0.268 e. The van der Waals surface area contributed by atoms with E-state index in [1.807, 2.05) is 41.2 Å². The standard InChI is InChI=1S/C15H12N8/c1-3-12(15-18-21-22-19-15)4-2-11(1)10-23-8-5-13(20-23)14-9-16-6-7-17-14/h1-9H,10H2,(H,18,19,21,22). The molecule has 0 saturated carbocycles. The van der Waals surface area contributed by atoms with Crippen LogP contribution in [0.5, 0.6) is 0 Å². The average Bonchev–Trinajstić information content (AvgIpc) is 3.28. The minimum absolute atomic E-state index is 0.584. The molecule has 8 heteroatoms. The van der Waals surface area contributed by atoms with Gasteiger partial charge in [-0.05, 0) is 16.8 Å². The first kappa shape index (κ1) is 13.3. The number of tetrazole rings is 1. The molecule has 0 aliphatic carbocycles. The summed E-state index contributed by atoms with van der Waals surface area (Å²) in [4.78, 5) is 8.31. The van der Waals surface area contributed by atoms with Crippen LogP contribution in [0.2, 0.25) is 0 Å². The summed E-state index contributed by atoms with van der Waals surface area (Å²) in [6.45, 7) is 0.673. The van der Waals surface area contributed by atoms with Crippen molar-refractivity contribution in [3.63, 3.8) is 0 Å². The molecule has 0 fully saturated rings. The first-order valence-corrected chi connectivity index (χ1v) is 7.01. The first-order chi connectivity index (χ1) is 11.4.